The van der Waals surface area contributed by atoms with E-state index in [2.05, 4.69) is 5.32 Å². The molecule has 0 spiro atoms. The molecule has 2 amide bonds. The summed E-state index contributed by atoms with van der Waals surface area (Å²) >= 11 is 6.64. The number of amides is 2. The van der Waals surface area contributed by atoms with E-state index >= 15 is 0 Å². The fourth-order valence-corrected chi connectivity index (χ4v) is 3.52. The first kappa shape index (κ1) is 16.0. The maximum absolute atomic E-state index is 12.0. The quantitative estimate of drug-likeness (QED) is 0.779. The fourth-order valence-electron chi connectivity index (χ4n) is 2.04. The van der Waals surface area contributed by atoms with Crippen LogP contribution >= 0.6 is 24.0 Å². The van der Waals surface area contributed by atoms with E-state index in [-0.39, 0.29) is 17.1 Å². The maximum atomic E-state index is 12.0. The Balaban J connectivity index is 1.68. The molecule has 21 heavy (non-hydrogen) atoms. The molecule has 1 saturated heterocycles. The third-order valence-electron chi connectivity index (χ3n) is 3.20. The molecule has 7 heteroatoms. The van der Waals surface area contributed by atoms with Gasteiger partial charge in [0.05, 0.1) is 18.1 Å². The van der Waals surface area contributed by atoms with E-state index in [9.17, 15) is 9.59 Å². The zero-order chi connectivity index (χ0) is 15.2. The average Bonchev–Trinajstić information content (AvgIpc) is 3.07. The first-order chi connectivity index (χ1) is 10.1. The van der Waals surface area contributed by atoms with Crippen LogP contribution in [-0.4, -0.2) is 32.8 Å². The molecule has 1 atom stereocenters. The Morgan fingerprint density at radius 2 is 2.38 bits per heavy atom. The summed E-state index contributed by atoms with van der Waals surface area (Å²) in [6.45, 7) is 2.87. The molecule has 1 aliphatic rings. The largest absolute Gasteiger partial charge is 0.467 e. The Kier molecular flexibility index (Phi) is 5.81. The van der Waals surface area contributed by atoms with E-state index in [0.29, 0.717) is 30.3 Å². The second-order valence-electron chi connectivity index (χ2n) is 4.73. The number of nitrogens with one attached hydrogen (secondary N) is 1. The second-order valence-corrected chi connectivity index (χ2v) is 6.57. The maximum Gasteiger partial charge on any atom is 0.241 e. The number of furan rings is 1. The summed E-state index contributed by atoms with van der Waals surface area (Å²) < 4.78 is 5.76. The van der Waals surface area contributed by atoms with Gasteiger partial charge in [-0.25, -0.2) is 0 Å². The Morgan fingerprint density at radius 1 is 1.57 bits per heavy atom. The van der Waals surface area contributed by atoms with E-state index in [1.807, 2.05) is 13.0 Å². The lowest BCUT2D eigenvalue weighted by Gasteiger charge is -2.15. The summed E-state index contributed by atoms with van der Waals surface area (Å²) in [4.78, 5) is 25.3. The Morgan fingerprint density at radius 3 is 3.00 bits per heavy atom. The van der Waals surface area contributed by atoms with Gasteiger partial charge in [0, 0.05) is 13.0 Å². The lowest BCUT2D eigenvalue weighted by molar-refractivity contribution is -0.127. The minimum Gasteiger partial charge on any atom is -0.467 e. The molecular formula is C14H18N2O3S2. The van der Waals surface area contributed by atoms with Gasteiger partial charge in [-0.05, 0) is 25.0 Å². The van der Waals surface area contributed by atoms with Crippen LogP contribution in [0, 0.1) is 0 Å². The highest BCUT2D eigenvalue weighted by Crippen LogP contribution is 2.29. The van der Waals surface area contributed by atoms with Crippen LogP contribution in [0.4, 0.5) is 0 Å². The normalized spacial score (nSPS) is 18.3. The topological polar surface area (TPSA) is 62.6 Å². The van der Waals surface area contributed by atoms with Crippen LogP contribution in [0.3, 0.4) is 0 Å². The number of hydrogen-bond acceptors (Lipinski definition) is 5. The number of thioether (sulfide) groups is 1. The van der Waals surface area contributed by atoms with Gasteiger partial charge in [-0.3, -0.25) is 14.5 Å². The highest BCUT2D eigenvalue weighted by molar-refractivity contribution is 8.24. The number of carbonyl (C=O) groups is 2. The number of nitrogens with zero attached hydrogens (tertiary/aromatic N) is 1. The number of thiocarbonyl (C=S) groups is 1. The average molecular weight is 326 g/mol. The summed E-state index contributed by atoms with van der Waals surface area (Å²) in [5.41, 5.74) is 0. The van der Waals surface area contributed by atoms with Gasteiger partial charge in [-0.2, -0.15) is 0 Å². The molecule has 0 aliphatic carbocycles. The minimum atomic E-state index is -0.0522. The Bertz CT molecular complexity index is 516. The zero-order valence-corrected chi connectivity index (χ0v) is 13.5. The highest BCUT2D eigenvalue weighted by Gasteiger charge is 2.35. The van der Waals surface area contributed by atoms with Gasteiger partial charge in [0.1, 0.15) is 10.1 Å². The van der Waals surface area contributed by atoms with Gasteiger partial charge in [-0.1, -0.05) is 30.9 Å². The van der Waals surface area contributed by atoms with Crippen molar-refractivity contribution in [2.75, 3.05) is 6.54 Å². The van der Waals surface area contributed by atoms with Gasteiger partial charge in [-0.15, -0.1) is 0 Å². The SMILES string of the molecule is CCC1SC(=S)N(CCCC(=O)NCc2ccco2)C1=O. The minimum absolute atomic E-state index is 0.0507. The molecular weight excluding hydrogens is 308 g/mol. The summed E-state index contributed by atoms with van der Waals surface area (Å²) in [6.07, 6.45) is 3.33. The molecule has 5 nitrogen and oxygen atoms in total. The van der Waals surface area contributed by atoms with E-state index in [1.165, 1.54) is 11.8 Å². The van der Waals surface area contributed by atoms with Gasteiger partial charge < -0.3 is 9.73 Å². The van der Waals surface area contributed by atoms with E-state index < -0.39 is 0 Å². The van der Waals surface area contributed by atoms with Crippen LogP contribution in [0.2, 0.25) is 0 Å². The van der Waals surface area contributed by atoms with Crippen molar-refractivity contribution >= 4 is 40.1 Å². The van der Waals surface area contributed by atoms with E-state index in [1.54, 1.807) is 17.2 Å². The lowest BCUT2D eigenvalue weighted by Crippen LogP contribution is -2.33. The van der Waals surface area contributed by atoms with Crippen LogP contribution in [0.25, 0.3) is 0 Å². The molecule has 1 aromatic heterocycles. The predicted molar refractivity (Wildman–Crippen MR) is 85.8 cm³/mol. The summed E-state index contributed by atoms with van der Waals surface area (Å²) in [6, 6.07) is 3.59. The first-order valence-electron chi connectivity index (χ1n) is 6.93. The van der Waals surface area contributed by atoms with Gasteiger partial charge in [0.15, 0.2) is 0 Å². The second kappa shape index (κ2) is 7.61. The van der Waals surface area contributed by atoms with E-state index in [0.717, 1.165) is 12.2 Å². The summed E-state index contributed by atoms with van der Waals surface area (Å²) in [5.74, 6) is 0.744. The molecule has 0 bridgehead atoms. The predicted octanol–water partition coefficient (Wildman–Crippen LogP) is 2.31. The molecule has 0 aromatic carbocycles. The third kappa shape index (κ3) is 4.31. The standard InChI is InChI=1S/C14H18N2O3S2/c1-2-11-13(18)16(14(20)21-11)7-3-6-12(17)15-9-10-5-4-8-19-10/h4-5,8,11H,2-3,6-7,9H2,1H3,(H,15,17). The molecule has 0 saturated carbocycles. The van der Waals surface area contributed by atoms with Gasteiger partial charge in [0.25, 0.3) is 0 Å². The molecule has 1 aliphatic heterocycles. The number of hydrogen-bond donors (Lipinski definition) is 1. The molecule has 114 valence electrons. The Hall–Kier alpha value is -1.34. The molecule has 0 radical (unpaired) electrons. The van der Waals surface area contributed by atoms with Crippen molar-refractivity contribution in [2.45, 2.75) is 38.0 Å². The van der Waals surface area contributed by atoms with Crippen LogP contribution in [0.1, 0.15) is 31.9 Å². The van der Waals surface area contributed by atoms with Crippen molar-refractivity contribution in [3.63, 3.8) is 0 Å². The van der Waals surface area contributed by atoms with Crippen molar-refractivity contribution in [1.29, 1.82) is 0 Å². The third-order valence-corrected chi connectivity index (χ3v) is 4.95. The van der Waals surface area contributed by atoms with Crippen LogP contribution < -0.4 is 5.32 Å². The smallest absolute Gasteiger partial charge is 0.241 e. The van der Waals surface area contributed by atoms with Crippen molar-refractivity contribution in [2.24, 2.45) is 0 Å². The van der Waals surface area contributed by atoms with Gasteiger partial charge in [0.2, 0.25) is 11.8 Å². The Labute approximate surface area is 133 Å². The molecule has 1 unspecified atom stereocenters. The van der Waals surface area contributed by atoms with Crippen LogP contribution in [0.5, 0.6) is 0 Å². The van der Waals surface area contributed by atoms with Crippen molar-refractivity contribution in [3.05, 3.63) is 24.2 Å². The van der Waals surface area contributed by atoms with Crippen LogP contribution in [-0.2, 0) is 16.1 Å². The fraction of sp³-hybridized carbons (Fsp3) is 0.500. The van der Waals surface area contributed by atoms with Crippen LogP contribution in [0.15, 0.2) is 22.8 Å². The van der Waals surface area contributed by atoms with E-state index in [4.69, 9.17) is 16.6 Å². The number of rotatable bonds is 7. The monoisotopic (exact) mass is 326 g/mol. The van der Waals surface area contributed by atoms with Crippen molar-refractivity contribution < 1.29 is 14.0 Å². The molecule has 2 heterocycles. The number of carbonyl (C=O) groups excluding carboxylic acids is 2. The first-order valence-corrected chi connectivity index (χ1v) is 8.21. The van der Waals surface area contributed by atoms with Gasteiger partial charge >= 0.3 is 0 Å². The lowest BCUT2D eigenvalue weighted by atomic mass is 10.2. The highest BCUT2D eigenvalue weighted by atomic mass is 32.2. The molecule has 1 fully saturated rings. The summed E-state index contributed by atoms with van der Waals surface area (Å²) in [7, 11) is 0. The van der Waals surface area contributed by atoms with Crippen molar-refractivity contribution in [3.8, 4) is 0 Å². The summed E-state index contributed by atoms with van der Waals surface area (Å²) in [5, 5.41) is 2.73. The van der Waals surface area contributed by atoms with Crippen molar-refractivity contribution in [1.82, 2.24) is 10.2 Å². The molecule has 1 N–H and O–H groups in total. The molecule has 2 rings (SSSR count). The molecule has 1 aromatic rings. The zero-order valence-electron chi connectivity index (χ0n) is 11.8.